The van der Waals surface area contributed by atoms with Gasteiger partial charge in [0.15, 0.2) is 0 Å². The molecule has 4 heteroatoms. The third kappa shape index (κ3) is 3.77. The topological polar surface area (TPSA) is 62.1 Å². The summed E-state index contributed by atoms with van der Waals surface area (Å²) in [5.41, 5.74) is 1.41. The summed E-state index contributed by atoms with van der Waals surface area (Å²) in [6.07, 6.45) is 0. The average Bonchev–Trinajstić information content (AvgIpc) is 2.39. The molecule has 0 aliphatic carbocycles. The van der Waals surface area contributed by atoms with E-state index in [1.807, 2.05) is 13.8 Å². The Bertz CT molecular complexity index is 432. The van der Waals surface area contributed by atoms with E-state index in [2.05, 4.69) is 16.1 Å². The largest absolute Gasteiger partial charge is 0.465 e. The molecule has 0 bridgehead atoms. The lowest BCUT2D eigenvalue weighted by Crippen LogP contribution is -2.17. The van der Waals surface area contributed by atoms with Crippen LogP contribution in [0.15, 0.2) is 24.3 Å². The molecule has 0 amide bonds. The number of nitrogens with one attached hydrogen (secondary N) is 1. The molecule has 1 aromatic carbocycles. The Labute approximate surface area is 108 Å². The van der Waals surface area contributed by atoms with Gasteiger partial charge in [-0.1, -0.05) is 13.8 Å². The number of carbonyl (C=O) groups excluding carboxylic acids is 1. The number of hydrogen-bond acceptors (Lipinski definition) is 4. The summed E-state index contributed by atoms with van der Waals surface area (Å²) >= 11 is 0. The summed E-state index contributed by atoms with van der Waals surface area (Å²) in [5, 5.41) is 12.2. The van der Waals surface area contributed by atoms with Crippen LogP contribution in [0.5, 0.6) is 0 Å². The molecule has 18 heavy (non-hydrogen) atoms. The number of ether oxygens (including phenoxy) is 1. The van der Waals surface area contributed by atoms with Gasteiger partial charge < -0.3 is 10.1 Å². The van der Waals surface area contributed by atoms with E-state index in [9.17, 15) is 4.79 Å². The highest BCUT2D eigenvalue weighted by Crippen LogP contribution is 2.14. The van der Waals surface area contributed by atoms with Crippen molar-refractivity contribution in [3.8, 4) is 6.07 Å². The number of methoxy groups -OCH3 is 1. The smallest absolute Gasteiger partial charge is 0.337 e. The molecule has 4 nitrogen and oxygen atoms in total. The first-order valence-electron chi connectivity index (χ1n) is 5.90. The van der Waals surface area contributed by atoms with Gasteiger partial charge in [-0.3, -0.25) is 0 Å². The van der Waals surface area contributed by atoms with Crippen LogP contribution in [0.3, 0.4) is 0 Å². The first-order chi connectivity index (χ1) is 8.58. The van der Waals surface area contributed by atoms with E-state index in [-0.39, 0.29) is 11.9 Å². The van der Waals surface area contributed by atoms with Crippen molar-refractivity contribution in [1.29, 1.82) is 5.26 Å². The standard InChI is InChI=1S/C14H18N2O2/c1-10(2)12(8-15)9-16-13-6-4-11(5-7-13)14(17)18-3/h4-7,10,12,16H,9H2,1-3H3. The minimum Gasteiger partial charge on any atom is -0.465 e. The molecule has 1 N–H and O–H groups in total. The summed E-state index contributed by atoms with van der Waals surface area (Å²) in [5.74, 6) is -0.0549. The van der Waals surface area contributed by atoms with Crippen LogP contribution in [0.1, 0.15) is 24.2 Å². The molecule has 0 spiro atoms. The molecule has 1 atom stereocenters. The zero-order valence-corrected chi connectivity index (χ0v) is 10.9. The Kier molecular flexibility index (Phi) is 5.19. The van der Waals surface area contributed by atoms with Crippen molar-refractivity contribution in [2.45, 2.75) is 13.8 Å². The second-order valence-corrected chi connectivity index (χ2v) is 4.43. The van der Waals surface area contributed by atoms with Gasteiger partial charge in [0.2, 0.25) is 0 Å². The van der Waals surface area contributed by atoms with E-state index < -0.39 is 0 Å². The predicted octanol–water partition coefficient (Wildman–Crippen LogP) is 2.68. The summed E-state index contributed by atoms with van der Waals surface area (Å²) in [7, 11) is 1.36. The Morgan fingerprint density at radius 2 is 2.00 bits per heavy atom. The molecule has 0 heterocycles. The highest BCUT2D eigenvalue weighted by atomic mass is 16.5. The van der Waals surface area contributed by atoms with Crippen molar-refractivity contribution in [1.82, 2.24) is 0 Å². The summed E-state index contributed by atoms with van der Waals surface area (Å²) in [4.78, 5) is 11.2. The van der Waals surface area contributed by atoms with E-state index in [1.165, 1.54) is 7.11 Å². The monoisotopic (exact) mass is 246 g/mol. The van der Waals surface area contributed by atoms with Crippen molar-refractivity contribution < 1.29 is 9.53 Å². The van der Waals surface area contributed by atoms with Gasteiger partial charge in [0.05, 0.1) is 24.7 Å². The first-order valence-corrected chi connectivity index (χ1v) is 5.90. The van der Waals surface area contributed by atoms with Crippen LogP contribution in [-0.2, 0) is 4.74 Å². The van der Waals surface area contributed by atoms with E-state index in [4.69, 9.17) is 5.26 Å². The van der Waals surface area contributed by atoms with Crippen molar-refractivity contribution >= 4 is 11.7 Å². The SMILES string of the molecule is COC(=O)c1ccc(NCC(C#N)C(C)C)cc1. The lowest BCUT2D eigenvalue weighted by Gasteiger charge is -2.14. The molecule has 1 unspecified atom stereocenters. The minimum atomic E-state index is -0.348. The minimum absolute atomic E-state index is 0.0229. The second kappa shape index (κ2) is 6.65. The van der Waals surface area contributed by atoms with Gasteiger partial charge in [-0.15, -0.1) is 0 Å². The van der Waals surface area contributed by atoms with Crippen LogP contribution in [0.4, 0.5) is 5.69 Å². The maximum atomic E-state index is 11.2. The van der Waals surface area contributed by atoms with Gasteiger partial charge in [-0.25, -0.2) is 4.79 Å². The normalized spacial score (nSPS) is 11.7. The zero-order valence-electron chi connectivity index (χ0n) is 10.9. The molecule has 1 aromatic rings. The summed E-state index contributed by atoms with van der Waals surface area (Å²) in [6, 6.07) is 9.29. The number of nitriles is 1. The number of benzene rings is 1. The Morgan fingerprint density at radius 1 is 1.39 bits per heavy atom. The van der Waals surface area contributed by atoms with Gasteiger partial charge >= 0.3 is 5.97 Å². The van der Waals surface area contributed by atoms with Crippen molar-refractivity contribution in [3.05, 3.63) is 29.8 Å². The molecule has 0 fully saturated rings. The van der Waals surface area contributed by atoms with E-state index in [0.717, 1.165) is 5.69 Å². The molecule has 0 saturated carbocycles. The Morgan fingerprint density at radius 3 is 2.44 bits per heavy atom. The maximum absolute atomic E-state index is 11.2. The third-order valence-electron chi connectivity index (χ3n) is 2.80. The van der Waals surface area contributed by atoms with Gasteiger partial charge in [-0.2, -0.15) is 5.26 Å². The fourth-order valence-electron chi connectivity index (χ4n) is 1.50. The van der Waals surface area contributed by atoms with Crippen LogP contribution in [0, 0.1) is 23.2 Å². The molecule has 0 aromatic heterocycles. The highest BCUT2D eigenvalue weighted by Gasteiger charge is 2.11. The first kappa shape index (κ1) is 14.0. The van der Waals surface area contributed by atoms with E-state index in [1.54, 1.807) is 24.3 Å². The van der Waals surface area contributed by atoms with Crippen molar-refractivity contribution in [2.75, 3.05) is 19.0 Å². The average molecular weight is 246 g/mol. The molecule has 0 aliphatic rings. The number of anilines is 1. The fourth-order valence-corrected chi connectivity index (χ4v) is 1.50. The zero-order chi connectivity index (χ0) is 13.5. The van der Waals surface area contributed by atoms with Crippen LogP contribution < -0.4 is 5.32 Å². The molecule has 0 saturated heterocycles. The molecule has 0 radical (unpaired) electrons. The van der Waals surface area contributed by atoms with Gasteiger partial charge in [-0.05, 0) is 30.2 Å². The Balaban J connectivity index is 2.59. The maximum Gasteiger partial charge on any atom is 0.337 e. The number of esters is 1. The second-order valence-electron chi connectivity index (χ2n) is 4.43. The van der Waals surface area contributed by atoms with Crippen LogP contribution in [-0.4, -0.2) is 19.6 Å². The number of rotatable bonds is 5. The van der Waals surface area contributed by atoms with Crippen molar-refractivity contribution in [2.24, 2.45) is 11.8 Å². The van der Waals surface area contributed by atoms with Crippen molar-refractivity contribution in [3.63, 3.8) is 0 Å². The molecule has 96 valence electrons. The molecule has 1 rings (SSSR count). The quantitative estimate of drug-likeness (QED) is 0.811. The van der Waals surface area contributed by atoms with Gasteiger partial charge in [0.25, 0.3) is 0 Å². The Hall–Kier alpha value is -2.02. The van der Waals surface area contributed by atoms with Crippen LogP contribution in [0.25, 0.3) is 0 Å². The molecule has 0 aliphatic heterocycles. The van der Waals surface area contributed by atoms with Crippen LogP contribution >= 0.6 is 0 Å². The fraction of sp³-hybridized carbons (Fsp3) is 0.429. The van der Waals surface area contributed by atoms with Gasteiger partial charge in [0.1, 0.15) is 0 Å². The van der Waals surface area contributed by atoms with E-state index >= 15 is 0 Å². The predicted molar refractivity (Wildman–Crippen MR) is 70.2 cm³/mol. The highest BCUT2D eigenvalue weighted by molar-refractivity contribution is 5.89. The van der Waals surface area contributed by atoms with E-state index in [0.29, 0.717) is 18.0 Å². The lowest BCUT2D eigenvalue weighted by atomic mass is 9.97. The number of nitrogens with zero attached hydrogens (tertiary/aromatic N) is 1. The number of hydrogen-bond donors (Lipinski definition) is 1. The molecular weight excluding hydrogens is 228 g/mol. The summed E-state index contributed by atoms with van der Waals surface area (Å²) in [6.45, 7) is 4.65. The lowest BCUT2D eigenvalue weighted by molar-refractivity contribution is 0.0601. The van der Waals surface area contributed by atoms with Crippen LogP contribution in [0.2, 0.25) is 0 Å². The number of carbonyl (C=O) groups is 1. The molecular formula is C14H18N2O2. The van der Waals surface area contributed by atoms with Gasteiger partial charge in [0, 0.05) is 12.2 Å². The third-order valence-corrected chi connectivity index (χ3v) is 2.80. The summed E-state index contributed by atoms with van der Waals surface area (Å²) < 4.78 is 4.62.